The van der Waals surface area contributed by atoms with Gasteiger partial charge in [-0.3, -0.25) is 14.5 Å². The SMILES string of the molecule is CC1(C)C(=O)Nc2ccccc2N1C(=O)COC(=O)c1cc(Cl)ccn1. The molecule has 1 aliphatic rings. The summed E-state index contributed by atoms with van der Waals surface area (Å²) in [6.07, 6.45) is 1.37. The fourth-order valence-corrected chi connectivity index (χ4v) is 2.84. The van der Waals surface area contributed by atoms with E-state index in [9.17, 15) is 14.4 Å². The number of nitrogens with zero attached hydrogens (tertiary/aromatic N) is 2. The van der Waals surface area contributed by atoms with Crippen LogP contribution < -0.4 is 10.2 Å². The lowest BCUT2D eigenvalue weighted by atomic mass is 9.96. The molecule has 2 aromatic rings. The summed E-state index contributed by atoms with van der Waals surface area (Å²) in [5.41, 5.74) is -0.0695. The molecule has 0 saturated carbocycles. The molecule has 1 aromatic heterocycles. The minimum Gasteiger partial charge on any atom is -0.451 e. The topological polar surface area (TPSA) is 88.6 Å². The molecule has 0 bridgehead atoms. The van der Waals surface area contributed by atoms with Crippen LogP contribution >= 0.6 is 11.6 Å². The summed E-state index contributed by atoms with van der Waals surface area (Å²) in [5, 5.41) is 3.10. The normalized spacial score (nSPS) is 15.0. The largest absolute Gasteiger partial charge is 0.451 e. The summed E-state index contributed by atoms with van der Waals surface area (Å²) in [4.78, 5) is 42.4. The van der Waals surface area contributed by atoms with Crippen molar-refractivity contribution in [3.63, 3.8) is 0 Å². The molecular formula is C18H16ClN3O4. The molecule has 1 aliphatic heterocycles. The van der Waals surface area contributed by atoms with Gasteiger partial charge in [-0.1, -0.05) is 23.7 Å². The molecule has 0 atom stereocenters. The number of pyridine rings is 1. The summed E-state index contributed by atoms with van der Waals surface area (Å²) in [6.45, 7) is 2.71. The third-order valence-electron chi connectivity index (χ3n) is 4.02. The second-order valence-electron chi connectivity index (χ2n) is 6.19. The van der Waals surface area contributed by atoms with Crippen LogP contribution in [-0.2, 0) is 14.3 Å². The number of aromatic nitrogens is 1. The van der Waals surface area contributed by atoms with Gasteiger partial charge in [0.15, 0.2) is 6.61 Å². The lowest BCUT2D eigenvalue weighted by Gasteiger charge is -2.41. The number of ether oxygens (including phenoxy) is 1. The van der Waals surface area contributed by atoms with E-state index in [2.05, 4.69) is 10.3 Å². The van der Waals surface area contributed by atoms with Crippen molar-refractivity contribution in [3.05, 3.63) is 53.3 Å². The van der Waals surface area contributed by atoms with Gasteiger partial charge in [0.05, 0.1) is 11.4 Å². The lowest BCUT2D eigenvalue weighted by molar-refractivity contribution is -0.128. The van der Waals surface area contributed by atoms with E-state index in [0.717, 1.165) is 0 Å². The van der Waals surface area contributed by atoms with Crippen LogP contribution in [0, 0.1) is 0 Å². The van der Waals surface area contributed by atoms with E-state index < -0.39 is 24.0 Å². The first kappa shape index (κ1) is 17.9. The monoisotopic (exact) mass is 373 g/mol. The highest BCUT2D eigenvalue weighted by Crippen LogP contribution is 2.36. The van der Waals surface area contributed by atoms with Crippen molar-refractivity contribution in [2.24, 2.45) is 0 Å². The molecule has 0 unspecified atom stereocenters. The van der Waals surface area contributed by atoms with E-state index in [1.807, 2.05) is 0 Å². The standard InChI is InChI=1S/C18H16ClN3O4/c1-18(2)17(25)21-12-5-3-4-6-14(12)22(18)15(23)10-26-16(24)13-9-11(19)7-8-20-13/h3-9H,10H2,1-2H3,(H,21,25). The fraction of sp³-hybridized carbons (Fsp3) is 0.222. The van der Waals surface area contributed by atoms with Crippen molar-refractivity contribution in [2.45, 2.75) is 19.4 Å². The third-order valence-corrected chi connectivity index (χ3v) is 4.25. The number of anilines is 2. The Balaban J connectivity index is 1.80. The predicted octanol–water partition coefficient (Wildman–Crippen LogP) is 2.66. The number of nitrogens with one attached hydrogen (secondary N) is 1. The van der Waals surface area contributed by atoms with Gasteiger partial charge >= 0.3 is 5.97 Å². The molecule has 26 heavy (non-hydrogen) atoms. The van der Waals surface area contributed by atoms with Gasteiger partial charge in [-0.25, -0.2) is 9.78 Å². The molecule has 8 heteroatoms. The average molecular weight is 374 g/mol. The average Bonchev–Trinajstić information content (AvgIpc) is 2.60. The summed E-state index contributed by atoms with van der Waals surface area (Å²) in [5.74, 6) is -1.62. The van der Waals surface area contributed by atoms with Crippen molar-refractivity contribution >= 4 is 40.8 Å². The molecule has 0 radical (unpaired) electrons. The van der Waals surface area contributed by atoms with Gasteiger partial charge in [-0.2, -0.15) is 0 Å². The number of hydrogen-bond donors (Lipinski definition) is 1. The van der Waals surface area contributed by atoms with Crippen molar-refractivity contribution in [2.75, 3.05) is 16.8 Å². The Morgan fingerprint density at radius 3 is 2.73 bits per heavy atom. The van der Waals surface area contributed by atoms with E-state index in [-0.39, 0.29) is 11.6 Å². The number of esters is 1. The molecule has 0 spiro atoms. The summed E-state index contributed by atoms with van der Waals surface area (Å²) >= 11 is 5.82. The van der Waals surface area contributed by atoms with E-state index in [0.29, 0.717) is 16.4 Å². The number of benzene rings is 1. The van der Waals surface area contributed by atoms with Gasteiger partial charge in [0.2, 0.25) is 5.91 Å². The Labute approximate surface area is 154 Å². The Hall–Kier alpha value is -2.93. The maximum atomic E-state index is 12.7. The molecule has 7 nitrogen and oxygen atoms in total. The second kappa shape index (κ2) is 6.76. The number of para-hydroxylation sites is 2. The quantitative estimate of drug-likeness (QED) is 0.835. The summed E-state index contributed by atoms with van der Waals surface area (Å²) < 4.78 is 5.06. The minimum atomic E-state index is -1.13. The summed E-state index contributed by atoms with van der Waals surface area (Å²) in [6, 6.07) is 9.80. The first-order chi connectivity index (χ1) is 12.3. The van der Waals surface area contributed by atoms with E-state index >= 15 is 0 Å². The molecule has 0 fully saturated rings. The Kier molecular flexibility index (Phi) is 4.65. The first-order valence-corrected chi connectivity index (χ1v) is 8.21. The van der Waals surface area contributed by atoms with Crippen molar-refractivity contribution < 1.29 is 19.1 Å². The van der Waals surface area contributed by atoms with Gasteiger partial charge in [0.1, 0.15) is 11.2 Å². The highest BCUT2D eigenvalue weighted by Gasteiger charge is 2.43. The number of carbonyl (C=O) groups is 3. The second-order valence-corrected chi connectivity index (χ2v) is 6.63. The Morgan fingerprint density at radius 2 is 2.00 bits per heavy atom. The predicted molar refractivity (Wildman–Crippen MR) is 96.2 cm³/mol. The van der Waals surface area contributed by atoms with Crippen LogP contribution in [-0.4, -0.2) is 34.9 Å². The van der Waals surface area contributed by atoms with Gasteiger partial charge < -0.3 is 10.1 Å². The molecule has 1 N–H and O–H groups in total. The Bertz CT molecular complexity index is 898. The van der Waals surface area contributed by atoms with Crippen molar-refractivity contribution in [1.29, 1.82) is 0 Å². The smallest absolute Gasteiger partial charge is 0.357 e. The van der Waals surface area contributed by atoms with Crippen LogP contribution in [0.4, 0.5) is 11.4 Å². The number of hydrogen-bond acceptors (Lipinski definition) is 5. The molecule has 2 amide bonds. The first-order valence-electron chi connectivity index (χ1n) is 7.83. The molecule has 2 heterocycles. The lowest BCUT2D eigenvalue weighted by Crippen LogP contribution is -2.59. The van der Waals surface area contributed by atoms with Crippen LogP contribution in [0.2, 0.25) is 5.02 Å². The molecule has 3 rings (SSSR count). The minimum absolute atomic E-state index is 0.00125. The maximum absolute atomic E-state index is 12.7. The van der Waals surface area contributed by atoms with E-state index in [4.69, 9.17) is 16.3 Å². The van der Waals surface area contributed by atoms with Crippen molar-refractivity contribution in [1.82, 2.24) is 4.98 Å². The van der Waals surface area contributed by atoms with Crippen molar-refractivity contribution in [3.8, 4) is 0 Å². The number of rotatable bonds is 3. The van der Waals surface area contributed by atoms with Crippen LogP contribution in [0.3, 0.4) is 0 Å². The van der Waals surface area contributed by atoms with Gasteiger partial charge in [0, 0.05) is 11.2 Å². The number of carbonyl (C=O) groups excluding carboxylic acids is 3. The highest BCUT2D eigenvalue weighted by molar-refractivity contribution is 6.30. The zero-order valence-corrected chi connectivity index (χ0v) is 14.9. The van der Waals surface area contributed by atoms with Gasteiger partial charge in [0.25, 0.3) is 5.91 Å². The Morgan fingerprint density at radius 1 is 1.27 bits per heavy atom. The van der Waals surface area contributed by atoms with Gasteiger partial charge in [-0.15, -0.1) is 0 Å². The van der Waals surface area contributed by atoms with Gasteiger partial charge in [-0.05, 0) is 38.1 Å². The van der Waals surface area contributed by atoms with E-state index in [1.54, 1.807) is 38.1 Å². The van der Waals surface area contributed by atoms with E-state index in [1.165, 1.54) is 23.2 Å². The highest BCUT2D eigenvalue weighted by atomic mass is 35.5. The van der Waals surface area contributed by atoms with Crippen LogP contribution in [0.15, 0.2) is 42.6 Å². The maximum Gasteiger partial charge on any atom is 0.357 e. The summed E-state index contributed by atoms with van der Waals surface area (Å²) in [7, 11) is 0. The third kappa shape index (κ3) is 3.25. The zero-order valence-electron chi connectivity index (χ0n) is 14.2. The number of fused-ring (bicyclic) bond motifs is 1. The molecule has 0 saturated heterocycles. The molecule has 0 aliphatic carbocycles. The van der Waals surface area contributed by atoms with Crippen LogP contribution in [0.1, 0.15) is 24.3 Å². The molecule has 134 valence electrons. The zero-order chi connectivity index (χ0) is 18.9. The van der Waals surface area contributed by atoms with Crippen LogP contribution in [0.25, 0.3) is 0 Å². The number of halogens is 1. The molecule has 1 aromatic carbocycles. The molecular weight excluding hydrogens is 358 g/mol. The fourth-order valence-electron chi connectivity index (χ4n) is 2.68. The van der Waals surface area contributed by atoms with Crippen LogP contribution in [0.5, 0.6) is 0 Å². The number of amides is 2.